The van der Waals surface area contributed by atoms with Crippen LogP contribution in [-0.4, -0.2) is 12.1 Å². The van der Waals surface area contributed by atoms with Crippen LogP contribution in [0, 0.1) is 11.3 Å². The molecule has 0 aliphatic carbocycles. The zero-order valence-corrected chi connectivity index (χ0v) is 10.8. The van der Waals surface area contributed by atoms with Gasteiger partial charge in [0.15, 0.2) is 0 Å². The Morgan fingerprint density at radius 2 is 2.05 bits per heavy atom. The van der Waals surface area contributed by atoms with E-state index in [9.17, 15) is 0 Å². The fraction of sp³-hybridized carbons (Fsp3) is 0.200. The van der Waals surface area contributed by atoms with Crippen LogP contribution < -0.4 is 10.1 Å². The van der Waals surface area contributed by atoms with E-state index in [1.807, 2.05) is 36.4 Å². The molecule has 4 nitrogen and oxygen atoms in total. The van der Waals surface area contributed by atoms with E-state index in [-0.39, 0.29) is 0 Å². The Labute approximate surface area is 112 Å². The average molecular weight is 253 g/mol. The van der Waals surface area contributed by atoms with Crippen LogP contribution in [-0.2, 0) is 13.1 Å². The Morgan fingerprint density at radius 3 is 2.84 bits per heavy atom. The number of ether oxygens (including phenoxy) is 1. The second-order valence-electron chi connectivity index (χ2n) is 4.09. The van der Waals surface area contributed by atoms with E-state index < -0.39 is 0 Å². The molecule has 0 radical (unpaired) electrons. The lowest BCUT2D eigenvalue weighted by Gasteiger charge is -2.06. The SMILES string of the molecule is COc1cccc(CNCc2cccc(C#N)c2)n1. The molecule has 0 aliphatic heterocycles. The van der Waals surface area contributed by atoms with Crippen molar-refractivity contribution in [2.24, 2.45) is 0 Å². The van der Waals surface area contributed by atoms with Crippen molar-refractivity contribution >= 4 is 0 Å². The molecular weight excluding hydrogens is 238 g/mol. The smallest absolute Gasteiger partial charge is 0.213 e. The minimum absolute atomic E-state index is 0.616. The molecule has 1 heterocycles. The monoisotopic (exact) mass is 253 g/mol. The molecule has 1 aromatic heterocycles. The summed E-state index contributed by atoms with van der Waals surface area (Å²) in [7, 11) is 1.60. The third-order valence-corrected chi connectivity index (χ3v) is 2.68. The molecule has 19 heavy (non-hydrogen) atoms. The number of nitrogens with one attached hydrogen (secondary N) is 1. The van der Waals surface area contributed by atoms with Gasteiger partial charge in [0.05, 0.1) is 24.4 Å². The predicted molar refractivity (Wildman–Crippen MR) is 72.5 cm³/mol. The van der Waals surface area contributed by atoms with Crippen molar-refractivity contribution in [3.05, 3.63) is 59.3 Å². The normalized spacial score (nSPS) is 9.89. The number of hydrogen-bond donors (Lipinski definition) is 1. The standard InChI is InChI=1S/C15H15N3O/c1-19-15-7-3-6-14(18-15)11-17-10-13-5-2-4-12(8-13)9-16/h2-8,17H,10-11H2,1H3. The van der Waals surface area contributed by atoms with Crippen molar-refractivity contribution in [2.45, 2.75) is 13.1 Å². The summed E-state index contributed by atoms with van der Waals surface area (Å²) in [6, 6.07) is 15.4. The molecule has 0 fully saturated rings. The molecule has 2 rings (SSSR count). The molecule has 0 atom stereocenters. The van der Waals surface area contributed by atoms with Gasteiger partial charge in [-0.15, -0.1) is 0 Å². The summed E-state index contributed by atoms with van der Waals surface area (Å²) in [5.74, 6) is 0.616. The number of aromatic nitrogens is 1. The maximum Gasteiger partial charge on any atom is 0.213 e. The van der Waals surface area contributed by atoms with Crippen molar-refractivity contribution in [1.82, 2.24) is 10.3 Å². The van der Waals surface area contributed by atoms with E-state index in [1.54, 1.807) is 13.2 Å². The number of methoxy groups -OCH3 is 1. The van der Waals surface area contributed by atoms with Gasteiger partial charge in [0, 0.05) is 19.2 Å². The highest BCUT2D eigenvalue weighted by Gasteiger charge is 1.98. The highest BCUT2D eigenvalue weighted by atomic mass is 16.5. The molecule has 0 aliphatic rings. The quantitative estimate of drug-likeness (QED) is 0.888. The fourth-order valence-electron chi connectivity index (χ4n) is 1.76. The van der Waals surface area contributed by atoms with Crippen molar-refractivity contribution in [3.8, 4) is 11.9 Å². The van der Waals surface area contributed by atoms with Gasteiger partial charge < -0.3 is 10.1 Å². The summed E-state index contributed by atoms with van der Waals surface area (Å²) in [5, 5.41) is 12.1. The zero-order valence-electron chi connectivity index (χ0n) is 10.8. The zero-order chi connectivity index (χ0) is 13.5. The summed E-state index contributed by atoms with van der Waals surface area (Å²) in [5.41, 5.74) is 2.69. The average Bonchev–Trinajstić information content (AvgIpc) is 2.48. The minimum Gasteiger partial charge on any atom is -0.481 e. The first kappa shape index (κ1) is 13.1. The van der Waals surface area contributed by atoms with Gasteiger partial charge in [-0.05, 0) is 23.8 Å². The molecule has 2 aromatic rings. The van der Waals surface area contributed by atoms with Crippen molar-refractivity contribution in [1.29, 1.82) is 5.26 Å². The topological polar surface area (TPSA) is 57.9 Å². The summed E-state index contributed by atoms with van der Waals surface area (Å²) in [6.45, 7) is 1.36. The Bertz CT molecular complexity index is 590. The second kappa shape index (κ2) is 6.53. The second-order valence-corrected chi connectivity index (χ2v) is 4.09. The molecular formula is C15H15N3O. The van der Waals surface area contributed by atoms with E-state index in [0.717, 1.165) is 11.3 Å². The summed E-state index contributed by atoms with van der Waals surface area (Å²) in [4.78, 5) is 4.32. The third-order valence-electron chi connectivity index (χ3n) is 2.68. The van der Waals surface area contributed by atoms with Gasteiger partial charge in [-0.25, -0.2) is 4.98 Å². The van der Waals surface area contributed by atoms with Gasteiger partial charge in [-0.2, -0.15) is 5.26 Å². The van der Waals surface area contributed by atoms with Gasteiger partial charge in [-0.3, -0.25) is 0 Å². The number of pyridine rings is 1. The van der Waals surface area contributed by atoms with Gasteiger partial charge >= 0.3 is 0 Å². The van der Waals surface area contributed by atoms with Crippen LogP contribution in [0.25, 0.3) is 0 Å². The highest BCUT2D eigenvalue weighted by molar-refractivity contribution is 5.32. The van der Waals surface area contributed by atoms with Gasteiger partial charge in [-0.1, -0.05) is 18.2 Å². The van der Waals surface area contributed by atoms with E-state index in [1.165, 1.54) is 0 Å². The van der Waals surface area contributed by atoms with Crippen LogP contribution in [0.1, 0.15) is 16.8 Å². The maximum atomic E-state index is 8.83. The number of benzene rings is 1. The van der Waals surface area contributed by atoms with Gasteiger partial charge in [0.1, 0.15) is 0 Å². The molecule has 0 amide bonds. The molecule has 0 bridgehead atoms. The van der Waals surface area contributed by atoms with Gasteiger partial charge in [0.2, 0.25) is 5.88 Å². The van der Waals surface area contributed by atoms with E-state index in [4.69, 9.17) is 10.00 Å². The summed E-state index contributed by atoms with van der Waals surface area (Å²) < 4.78 is 5.07. The number of nitriles is 1. The van der Waals surface area contributed by atoms with Crippen LogP contribution in [0.5, 0.6) is 5.88 Å². The maximum absolute atomic E-state index is 8.83. The van der Waals surface area contributed by atoms with Gasteiger partial charge in [0.25, 0.3) is 0 Å². The number of rotatable bonds is 5. The van der Waals surface area contributed by atoms with Crippen molar-refractivity contribution < 1.29 is 4.74 Å². The van der Waals surface area contributed by atoms with Crippen LogP contribution in [0.2, 0.25) is 0 Å². The summed E-state index contributed by atoms with van der Waals surface area (Å²) >= 11 is 0. The Balaban J connectivity index is 1.90. The molecule has 1 N–H and O–H groups in total. The molecule has 1 aromatic carbocycles. The summed E-state index contributed by atoms with van der Waals surface area (Å²) in [6.07, 6.45) is 0. The molecule has 0 unspecified atom stereocenters. The van der Waals surface area contributed by atoms with Crippen molar-refractivity contribution in [2.75, 3.05) is 7.11 Å². The minimum atomic E-state index is 0.616. The molecule has 0 spiro atoms. The first-order valence-electron chi connectivity index (χ1n) is 6.01. The Hall–Kier alpha value is -2.38. The largest absolute Gasteiger partial charge is 0.481 e. The number of hydrogen-bond acceptors (Lipinski definition) is 4. The van der Waals surface area contributed by atoms with Crippen LogP contribution in [0.15, 0.2) is 42.5 Å². The first-order chi connectivity index (χ1) is 9.31. The lowest BCUT2D eigenvalue weighted by atomic mass is 10.1. The Morgan fingerprint density at radius 1 is 1.21 bits per heavy atom. The van der Waals surface area contributed by atoms with Crippen LogP contribution in [0.4, 0.5) is 0 Å². The lowest BCUT2D eigenvalue weighted by Crippen LogP contribution is -2.13. The molecule has 4 heteroatoms. The Kier molecular flexibility index (Phi) is 4.49. The van der Waals surface area contributed by atoms with Crippen LogP contribution >= 0.6 is 0 Å². The molecule has 0 saturated heterocycles. The van der Waals surface area contributed by atoms with E-state index >= 15 is 0 Å². The van der Waals surface area contributed by atoms with Crippen LogP contribution in [0.3, 0.4) is 0 Å². The van der Waals surface area contributed by atoms with E-state index in [2.05, 4.69) is 16.4 Å². The highest BCUT2D eigenvalue weighted by Crippen LogP contribution is 2.07. The third kappa shape index (κ3) is 3.80. The van der Waals surface area contributed by atoms with Crippen molar-refractivity contribution in [3.63, 3.8) is 0 Å². The first-order valence-corrected chi connectivity index (χ1v) is 6.01. The number of nitrogens with zero attached hydrogens (tertiary/aromatic N) is 2. The van der Waals surface area contributed by atoms with E-state index in [0.29, 0.717) is 24.5 Å². The predicted octanol–water partition coefficient (Wildman–Crippen LogP) is 2.25. The lowest BCUT2D eigenvalue weighted by molar-refractivity contribution is 0.395. The fourth-order valence-corrected chi connectivity index (χ4v) is 1.76. The molecule has 96 valence electrons. The molecule has 0 saturated carbocycles.